The van der Waals surface area contributed by atoms with Gasteiger partial charge in [-0.15, -0.1) is 0 Å². The Morgan fingerprint density at radius 3 is 2.15 bits per heavy atom. The van der Waals surface area contributed by atoms with Crippen LogP contribution in [0.1, 0.15) is 29.2 Å². The van der Waals surface area contributed by atoms with Crippen molar-refractivity contribution in [3.8, 4) is 0 Å². The number of hydrogen-bond acceptors (Lipinski definition) is 1. The fourth-order valence-electron chi connectivity index (χ4n) is 2.32. The molecular weight excluding hydrogens is 256 g/mol. The van der Waals surface area contributed by atoms with E-state index >= 15 is 0 Å². The highest BCUT2D eigenvalue weighted by molar-refractivity contribution is 5.24. The number of aryl methyl sites for hydroxylation is 2. The van der Waals surface area contributed by atoms with Gasteiger partial charge in [-0.3, -0.25) is 0 Å². The normalized spacial score (nSPS) is 12.4. The molecule has 0 saturated heterocycles. The zero-order valence-corrected chi connectivity index (χ0v) is 11.8. The fraction of sp³-hybridized carbons (Fsp3) is 0.294. The van der Waals surface area contributed by atoms with Crippen LogP contribution in [0.25, 0.3) is 0 Å². The zero-order chi connectivity index (χ0) is 14.5. The summed E-state index contributed by atoms with van der Waals surface area (Å²) in [5, 5.41) is 3.12. The van der Waals surface area contributed by atoms with Gasteiger partial charge >= 0.3 is 0 Å². The highest BCUT2D eigenvalue weighted by Crippen LogP contribution is 2.21. The van der Waals surface area contributed by atoms with Crippen molar-refractivity contribution in [1.29, 1.82) is 0 Å². The van der Waals surface area contributed by atoms with Gasteiger partial charge in [0, 0.05) is 12.1 Å². The van der Waals surface area contributed by atoms with E-state index < -0.39 is 11.6 Å². The Bertz CT molecular complexity index is 543. The predicted octanol–water partition coefficient (Wildman–Crippen LogP) is 4.17. The summed E-state index contributed by atoms with van der Waals surface area (Å²) in [6.45, 7) is 2.05. The Morgan fingerprint density at radius 1 is 1.00 bits per heavy atom. The lowest BCUT2D eigenvalue weighted by Gasteiger charge is -2.17. The first kappa shape index (κ1) is 14.7. The van der Waals surface area contributed by atoms with Crippen LogP contribution in [0, 0.1) is 18.6 Å². The van der Waals surface area contributed by atoms with E-state index in [4.69, 9.17) is 0 Å². The van der Waals surface area contributed by atoms with Crippen molar-refractivity contribution in [2.45, 2.75) is 25.8 Å². The van der Waals surface area contributed by atoms with E-state index in [-0.39, 0.29) is 6.04 Å². The lowest BCUT2D eigenvalue weighted by Crippen LogP contribution is -2.17. The van der Waals surface area contributed by atoms with E-state index in [1.165, 1.54) is 23.3 Å². The maximum atomic E-state index is 13.3. The van der Waals surface area contributed by atoms with Gasteiger partial charge < -0.3 is 5.32 Å². The summed E-state index contributed by atoms with van der Waals surface area (Å²) in [6.07, 6.45) is 1.66. The molecule has 106 valence electrons. The SMILES string of the molecule is CNC(CCc1ccc(C)cc1)c1cc(F)cc(F)c1. The minimum atomic E-state index is -0.532. The maximum Gasteiger partial charge on any atom is 0.126 e. The molecule has 2 aromatic rings. The summed E-state index contributed by atoms with van der Waals surface area (Å²) in [6, 6.07) is 12.0. The van der Waals surface area contributed by atoms with Crippen LogP contribution < -0.4 is 5.32 Å². The Labute approximate surface area is 118 Å². The highest BCUT2D eigenvalue weighted by Gasteiger charge is 2.12. The first-order valence-electron chi connectivity index (χ1n) is 6.77. The van der Waals surface area contributed by atoms with Crippen molar-refractivity contribution in [1.82, 2.24) is 5.32 Å². The van der Waals surface area contributed by atoms with Crippen molar-refractivity contribution in [3.05, 3.63) is 70.8 Å². The lowest BCUT2D eigenvalue weighted by molar-refractivity contribution is 0.528. The Hall–Kier alpha value is -1.74. The van der Waals surface area contributed by atoms with Gasteiger partial charge in [-0.1, -0.05) is 29.8 Å². The second-order valence-electron chi connectivity index (χ2n) is 5.07. The first-order chi connectivity index (χ1) is 9.58. The van der Waals surface area contributed by atoms with E-state index in [9.17, 15) is 8.78 Å². The van der Waals surface area contributed by atoms with Gasteiger partial charge in [-0.05, 0) is 50.1 Å². The maximum absolute atomic E-state index is 13.3. The molecule has 0 radical (unpaired) electrons. The average Bonchev–Trinajstić information content (AvgIpc) is 2.40. The molecule has 0 aliphatic carbocycles. The van der Waals surface area contributed by atoms with E-state index in [2.05, 4.69) is 36.5 Å². The van der Waals surface area contributed by atoms with Crippen LogP contribution in [0.15, 0.2) is 42.5 Å². The molecule has 3 heteroatoms. The van der Waals surface area contributed by atoms with Gasteiger partial charge in [0.25, 0.3) is 0 Å². The Balaban J connectivity index is 2.07. The van der Waals surface area contributed by atoms with Crippen LogP contribution in [0.3, 0.4) is 0 Å². The molecule has 0 aliphatic rings. The molecule has 0 saturated carbocycles. The van der Waals surface area contributed by atoms with E-state index in [0.29, 0.717) is 5.56 Å². The van der Waals surface area contributed by atoms with Gasteiger partial charge in [0.15, 0.2) is 0 Å². The summed E-state index contributed by atoms with van der Waals surface area (Å²) >= 11 is 0. The smallest absolute Gasteiger partial charge is 0.126 e. The minimum absolute atomic E-state index is 0.0542. The third-order valence-electron chi connectivity index (χ3n) is 3.48. The van der Waals surface area contributed by atoms with Gasteiger partial charge in [-0.2, -0.15) is 0 Å². The molecule has 20 heavy (non-hydrogen) atoms. The van der Waals surface area contributed by atoms with Gasteiger partial charge in [-0.25, -0.2) is 8.78 Å². The van der Waals surface area contributed by atoms with Crippen molar-refractivity contribution >= 4 is 0 Å². The van der Waals surface area contributed by atoms with Crippen molar-refractivity contribution < 1.29 is 8.78 Å². The summed E-state index contributed by atoms with van der Waals surface area (Å²) in [5.74, 6) is -1.06. The number of hydrogen-bond donors (Lipinski definition) is 1. The number of halogens is 2. The monoisotopic (exact) mass is 275 g/mol. The summed E-state index contributed by atoms with van der Waals surface area (Å²) in [4.78, 5) is 0. The zero-order valence-electron chi connectivity index (χ0n) is 11.8. The second kappa shape index (κ2) is 6.62. The van der Waals surface area contributed by atoms with Crippen LogP contribution in [-0.2, 0) is 6.42 Å². The van der Waals surface area contributed by atoms with Crippen LogP contribution >= 0.6 is 0 Å². The van der Waals surface area contributed by atoms with E-state index in [1.807, 2.05) is 7.05 Å². The molecule has 1 nitrogen and oxygen atoms in total. The van der Waals surface area contributed by atoms with E-state index in [0.717, 1.165) is 18.9 Å². The topological polar surface area (TPSA) is 12.0 Å². The van der Waals surface area contributed by atoms with Crippen molar-refractivity contribution in [2.24, 2.45) is 0 Å². The van der Waals surface area contributed by atoms with E-state index in [1.54, 1.807) is 0 Å². The third kappa shape index (κ3) is 3.87. The molecule has 0 fully saturated rings. The molecule has 0 heterocycles. The molecule has 1 unspecified atom stereocenters. The minimum Gasteiger partial charge on any atom is -0.313 e. The molecule has 2 aromatic carbocycles. The third-order valence-corrected chi connectivity index (χ3v) is 3.48. The van der Waals surface area contributed by atoms with Crippen LogP contribution in [0.4, 0.5) is 8.78 Å². The Kier molecular flexibility index (Phi) is 4.85. The number of rotatable bonds is 5. The highest BCUT2D eigenvalue weighted by atomic mass is 19.1. The van der Waals surface area contributed by atoms with Gasteiger partial charge in [0.05, 0.1) is 0 Å². The predicted molar refractivity (Wildman–Crippen MR) is 77.7 cm³/mol. The molecule has 2 rings (SSSR count). The van der Waals surface area contributed by atoms with Gasteiger partial charge in [0.1, 0.15) is 11.6 Å². The second-order valence-corrected chi connectivity index (χ2v) is 5.07. The van der Waals surface area contributed by atoms with Crippen molar-refractivity contribution in [3.63, 3.8) is 0 Å². The molecule has 0 aromatic heterocycles. The number of benzene rings is 2. The molecule has 0 amide bonds. The molecule has 1 N–H and O–H groups in total. The molecule has 0 bridgehead atoms. The number of nitrogens with one attached hydrogen (secondary N) is 1. The summed E-state index contributed by atoms with van der Waals surface area (Å²) in [7, 11) is 1.81. The first-order valence-corrected chi connectivity index (χ1v) is 6.77. The van der Waals surface area contributed by atoms with Crippen LogP contribution in [-0.4, -0.2) is 7.05 Å². The van der Waals surface area contributed by atoms with Crippen molar-refractivity contribution in [2.75, 3.05) is 7.05 Å². The summed E-state index contributed by atoms with van der Waals surface area (Å²) < 4.78 is 26.5. The largest absolute Gasteiger partial charge is 0.313 e. The Morgan fingerprint density at radius 2 is 1.60 bits per heavy atom. The quantitative estimate of drug-likeness (QED) is 0.863. The summed E-state index contributed by atoms with van der Waals surface area (Å²) in [5.41, 5.74) is 3.11. The molecule has 0 aliphatic heterocycles. The van der Waals surface area contributed by atoms with Crippen LogP contribution in [0.2, 0.25) is 0 Å². The average molecular weight is 275 g/mol. The molecule has 0 spiro atoms. The molecule has 1 atom stereocenters. The van der Waals surface area contributed by atoms with Crippen LogP contribution in [0.5, 0.6) is 0 Å². The van der Waals surface area contributed by atoms with Gasteiger partial charge in [0.2, 0.25) is 0 Å². The lowest BCUT2D eigenvalue weighted by atomic mass is 9.98. The standard InChI is InChI=1S/C17H19F2N/c1-12-3-5-13(6-4-12)7-8-17(20-2)14-9-15(18)11-16(19)10-14/h3-6,9-11,17,20H,7-8H2,1-2H3. The molecular formula is C17H19F2N. The fourth-order valence-corrected chi connectivity index (χ4v) is 2.32.